The summed E-state index contributed by atoms with van der Waals surface area (Å²) in [6, 6.07) is 4.46. The number of nitriles is 1. The molecular formula is C25H31F2N3O3. The number of halogens is 2. The first-order chi connectivity index (χ1) is 16.0. The van der Waals surface area contributed by atoms with Gasteiger partial charge in [-0.2, -0.15) is 5.26 Å². The molecule has 2 aliphatic carbocycles. The monoisotopic (exact) mass is 459 g/mol. The van der Waals surface area contributed by atoms with Gasteiger partial charge in [0.25, 0.3) is 5.91 Å². The molecule has 33 heavy (non-hydrogen) atoms. The molecule has 1 N–H and O–H groups in total. The van der Waals surface area contributed by atoms with E-state index in [0.717, 1.165) is 57.4 Å². The van der Waals surface area contributed by atoms with Gasteiger partial charge in [0, 0.05) is 30.8 Å². The molecule has 3 fully saturated rings. The number of nitrogens with zero attached hydrogens (tertiary/aromatic N) is 2. The molecule has 2 saturated carbocycles. The van der Waals surface area contributed by atoms with Crippen LogP contribution >= 0.6 is 0 Å². The number of benzene rings is 1. The number of rotatable bonds is 3. The number of carbonyl (C=O) groups is 1. The largest absolute Gasteiger partial charge is 0.480 e. The molecule has 1 aromatic rings. The number of carbonyl (C=O) groups excluding carboxylic acids is 1. The van der Waals surface area contributed by atoms with Crippen LogP contribution in [0.1, 0.15) is 62.8 Å². The fourth-order valence-corrected chi connectivity index (χ4v) is 5.64. The second kappa shape index (κ2) is 9.19. The molecule has 0 aromatic heterocycles. The van der Waals surface area contributed by atoms with E-state index in [1.807, 2.05) is 0 Å². The molecule has 0 radical (unpaired) electrons. The van der Waals surface area contributed by atoms with Gasteiger partial charge in [0.05, 0.1) is 30.2 Å². The van der Waals surface area contributed by atoms with Crippen molar-refractivity contribution in [3.63, 3.8) is 0 Å². The molecule has 6 nitrogen and oxygen atoms in total. The molecule has 5 aliphatic rings. The summed E-state index contributed by atoms with van der Waals surface area (Å²) in [5, 5.41) is 13.0. The van der Waals surface area contributed by atoms with Crippen LogP contribution in [0, 0.1) is 28.4 Å². The fraction of sp³-hybridized carbons (Fsp3) is 0.680. The summed E-state index contributed by atoms with van der Waals surface area (Å²) in [5.74, 6) is -1.62. The summed E-state index contributed by atoms with van der Waals surface area (Å²) in [5.41, 5.74) is 0.244. The number of hydrogen-bond donors (Lipinski definition) is 1. The molecule has 2 bridgehead atoms. The predicted octanol–water partition coefficient (Wildman–Crippen LogP) is 3.65. The second-order valence-electron chi connectivity index (χ2n) is 10.1. The van der Waals surface area contributed by atoms with E-state index in [0.29, 0.717) is 25.3 Å². The number of ether oxygens (including phenoxy) is 2. The maximum Gasteiger partial charge on any atom is 0.260 e. The Bertz CT molecular complexity index is 938. The number of nitrogens with one attached hydrogen (secondary N) is 1. The van der Waals surface area contributed by atoms with E-state index in [4.69, 9.17) is 9.47 Å². The number of hydrogen-bond acceptors (Lipinski definition) is 5. The highest BCUT2D eigenvalue weighted by Crippen LogP contribution is 2.44. The zero-order valence-electron chi connectivity index (χ0n) is 18.8. The van der Waals surface area contributed by atoms with Crippen molar-refractivity contribution in [1.82, 2.24) is 10.2 Å². The van der Waals surface area contributed by atoms with Crippen LogP contribution in [0.3, 0.4) is 0 Å². The molecule has 1 aromatic carbocycles. The van der Waals surface area contributed by atoms with Crippen molar-refractivity contribution in [3.8, 4) is 11.8 Å². The van der Waals surface area contributed by atoms with E-state index in [1.165, 1.54) is 6.07 Å². The van der Waals surface area contributed by atoms with E-state index >= 15 is 0 Å². The van der Waals surface area contributed by atoms with Crippen molar-refractivity contribution in [2.45, 2.75) is 75.5 Å². The lowest BCUT2D eigenvalue weighted by Crippen LogP contribution is -2.59. The maximum absolute atomic E-state index is 14.7. The highest BCUT2D eigenvalue weighted by molar-refractivity contribution is 5.78. The zero-order valence-corrected chi connectivity index (χ0v) is 18.8. The van der Waals surface area contributed by atoms with Crippen LogP contribution < -0.4 is 10.1 Å². The Labute approximate surface area is 193 Å². The third-order valence-electron chi connectivity index (χ3n) is 7.89. The van der Waals surface area contributed by atoms with Gasteiger partial charge in [-0.15, -0.1) is 0 Å². The minimum atomic E-state index is -0.757. The summed E-state index contributed by atoms with van der Waals surface area (Å²) in [7, 11) is 0. The summed E-state index contributed by atoms with van der Waals surface area (Å²) in [4.78, 5) is 15.0. The first kappa shape index (κ1) is 22.5. The Morgan fingerprint density at radius 1 is 1.18 bits per heavy atom. The predicted molar refractivity (Wildman–Crippen MR) is 117 cm³/mol. The van der Waals surface area contributed by atoms with Crippen molar-refractivity contribution >= 4 is 5.91 Å². The Morgan fingerprint density at radius 2 is 1.97 bits per heavy atom. The van der Waals surface area contributed by atoms with E-state index in [9.17, 15) is 18.8 Å². The van der Waals surface area contributed by atoms with Gasteiger partial charge in [-0.25, -0.2) is 8.78 Å². The van der Waals surface area contributed by atoms with Crippen LogP contribution in [0.25, 0.3) is 0 Å². The summed E-state index contributed by atoms with van der Waals surface area (Å²) in [6.07, 6.45) is 6.77. The number of fused-ring (bicyclic) bond motifs is 5. The first-order valence-corrected chi connectivity index (χ1v) is 12.2. The summed E-state index contributed by atoms with van der Waals surface area (Å²) < 4.78 is 40.7. The van der Waals surface area contributed by atoms with Crippen molar-refractivity contribution in [3.05, 3.63) is 29.3 Å². The number of piperidine rings is 1. The van der Waals surface area contributed by atoms with Crippen LogP contribution in [0.4, 0.5) is 8.78 Å². The van der Waals surface area contributed by atoms with Crippen LogP contribution in [-0.2, 0) is 9.53 Å². The molecule has 0 unspecified atom stereocenters. The quantitative estimate of drug-likeness (QED) is 0.747. The van der Waals surface area contributed by atoms with Crippen molar-refractivity contribution < 1.29 is 23.0 Å². The lowest BCUT2D eigenvalue weighted by molar-refractivity contribution is -0.140. The topological polar surface area (TPSA) is 74.6 Å². The van der Waals surface area contributed by atoms with Crippen LogP contribution in [0.15, 0.2) is 12.1 Å². The Hall–Kier alpha value is -2.24. The Morgan fingerprint density at radius 3 is 2.70 bits per heavy atom. The molecular weight excluding hydrogens is 428 g/mol. The molecule has 1 saturated heterocycles. The minimum Gasteiger partial charge on any atom is -0.480 e. The molecule has 8 heteroatoms. The normalized spacial score (nSPS) is 31.2. The molecule has 2 atom stereocenters. The first-order valence-electron chi connectivity index (χ1n) is 12.2. The summed E-state index contributed by atoms with van der Waals surface area (Å²) >= 11 is 0. The van der Waals surface area contributed by atoms with Gasteiger partial charge in [0.1, 0.15) is 5.82 Å². The fourth-order valence-electron chi connectivity index (χ4n) is 5.64. The van der Waals surface area contributed by atoms with E-state index < -0.39 is 11.6 Å². The van der Waals surface area contributed by atoms with Crippen molar-refractivity contribution in [2.75, 3.05) is 26.3 Å². The highest BCUT2D eigenvalue weighted by Gasteiger charge is 2.44. The maximum atomic E-state index is 14.7. The van der Waals surface area contributed by atoms with Gasteiger partial charge in [-0.1, -0.05) is 0 Å². The van der Waals surface area contributed by atoms with Crippen molar-refractivity contribution in [1.29, 1.82) is 5.26 Å². The minimum absolute atomic E-state index is 0.00120. The van der Waals surface area contributed by atoms with Gasteiger partial charge in [-0.05, 0) is 63.4 Å². The van der Waals surface area contributed by atoms with Gasteiger partial charge in [0.2, 0.25) is 0 Å². The van der Waals surface area contributed by atoms with Gasteiger partial charge >= 0.3 is 0 Å². The van der Waals surface area contributed by atoms with Gasteiger partial charge < -0.3 is 19.7 Å². The van der Waals surface area contributed by atoms with Crippen LogP contribution in [0.2, 0.25) is 0 Å². The molecule has 3 aliphatic heterocycles. The molecule has 1 amide bonds. The van der Waals surface area contributed by atoms with Crippen molar-refractivity contribution in [2.24, 2.45) is 5.41 Å². The third kappa shape index (κ3) is 4.71. The lowest BCUT2D eigenvalue weighted by Gasteiger charge is -2.42. The third-order valence-corrected chi connectivity index (χ3v) is 7.89. The van der Waals surface area contributed by atoms with E-state index in [1.54, 1.807) is 4.90 Å². The van der Waals surface area contributed by atoms with E-state index in [-0.39, 0.29) is 47.8 Å². The summed E-state index contributed by atoms with van der Waals surface area (Å²) in [6.45, 7) is 1.34. The zero-order chi connectivity index (χ0) is 23.0. The van der Waals surface area contributed by atoms with Crippen LogP contribution in [-0.4, -0.2) is 55.3 Å². The van der Waals surface area contributed by atoms with E-state index in [2.05, 4.69) is 11.4 Å². The average molecular weight is 460 g/mol. The Kier molecular flexibility index (Phi) is 6.28. The molecule has 6 rings (SSSR count). The highest BCUT2D eigenvalue weighted by atomic mass is 19.1. The standard InChI is InChI=1S/C25H31F2N3O3/c26-17-10-19-16-3-5-18(6-4-16)32-12-22-21(29-15-25(14-28)7-8-25)2-1-9-30(22)23(31)13-33-24(19)20(27)11-17/h10-11,16,18,21-22,29H,1-9,12-13,15H2/t16?,18?,21-,22-/m0/s1. The second-order valence-corrected chi connectivity index (χ2v) is 10.1. The van der Waals surface area contributed by atoms with Crippen LogP contribution in [0.5, 0.6) is 5.75 Å². The number of amides is 1. The van der Waals surface area contributed by atoms with Gasteiger partial charge in [0.15, 0.2) is 18.2 Å². The van der Waals surface area contributed by atoms with Gasteiger partial charge in [-0.3, -0.25) is 4.79 Å². The molecule has 0 spiro atoms. The molecule has 178 valence electrons. The SMILES string of the molecule is N#CC1(CN[C@H]2CCCN3C(=O)COc4c(F)cc(F)cc4C4CCC(CC4)OC[C@@H]23)CC1. The smallest absolute Gasteiger partial charge is 0.260 e. The molecule has 3 heterocycles. The lowest BCUT2D eigenvalue weighted by atomic mass is 9.82. The Balaban J connectivity index is 1.39. The average Bonchev–Trinajstić information content (AvgIpc) is 3.60.